The minimum Gasteiger partial charge on any atom is -0.388 e. The Morgan fingerprint density at radius 1 is 1.25 bits per heavy atom. The van der Waals surface area contributed by atoms with Gasteiger partial charge in [0.05, 0.1) is 12.1 Å². The lowest BCUT2D eigenvalue weighted by atomic mass is 10.1. The number of carbonyl (C=O) groups excluding carboxylic acids is 1. The fourth-order valence-electron chi connectivity index (χ4n) is 2.19. The molecule has 2 N–H and O–H groups in total. The molecule has 0 heterocycles. The SMILES string of the molecule is CCCC(C(=O)NCCC(O)c1ccccc1)N(C)C. The predicted octanol–water partition coefficient (Wildman–Crippen LogP) is 1.96. The summed E-state index contributed by atoms with van der Waals surface area (Å²) in [4.78, 5) is 14.0. The van der Waals surface area contributed by atoms with E-state index in [1.807, 2.05) is 49.3 Å². The Bertz CT molecular complexity index is 393. The number of nitrogens with zero attached hydrogens (tertiary/aromatic N) is 1. The van der Waals surface area contributed by atoms with Gasteiger partial charge in [-0.3, -0.25) is 9.69 Å². The molecule has 2 atom stereocenters. The highest BCUT2D eigenvalue weighted by Crippen LogP contribution is 2.15. The van der Waals surface area contributed by atoms with Gasteiger partial charge in [-0.15, -0.1) is 0 Å². The van der Waals surface area contributed by atoms with Gasteiger partial charge < -0.3 is 10.4 Å². The molecule has 0 saturated carbocycles. The van der Waals surface area contributed by atoms with Crippen molar-refractivity contribution in [1.82, 2.24) is 10.2 Å². The molecule has 0 aliphatic heterocycles. The number of rotatable bonds is 8. The van der Waals surface area contributed by atoms with Crippen LogP contribution in [0, 0.1) is 0 Å². The highest BCUT2D eigenvalue weighted by Gasteiger charge is 2.19. The first kappa shape index (κ1) is 16.7. The van der Waals surface area contributed by atoms with E-state index >= 15 is 0 Å². The number of carbonyl (C=O) groups is 1. The van der Waals surface area contributed by atoms with Crippen LogP contribution in [0.3, 0.4) is 0 Å². The summed E-state index contributed by atoms with van der Waals surface area (Å²) in [6.45, 7) is 2.56. The zero-order valence-corrected chi connectivity index (χ0v) is 12.7. The molecule has 2 unspecified atom stereocenters. The van der Waals surface area contributed by atoms with Crippen LogP contribution in [0.15, 0.2) is 30.3 Å². The first-order chi connectivity index (χ1) is 9.56. The monoisotopic (exact) mass is 278 g/mol. The quantitative estimate of drug-likeness (QED) is 0.764. The van der Waals surface area contributed by atoms with Crippen molar-refractivity contribution in [3.05, 3.63) is 35.9 Å². The van der Waals surface area contributed by atoms with Crippen LogP contribution in [0.5, 0.6) is 0 Å². The Morgan fingerprint density at radius 3 is 2.45 bits per heavy atom. The van der Waals surface area contributed by atoms with Crippen molar-refractivity contribution in [1.29, 1.82) is 0 Å². The first-order valence-electron chi connectivity index (χ1n) is 7.23. The third-order valence-corrected chi connectivity index (χ3v) is 3.39. The number of benzene rings is 1. The van der Waals surface area contributed by atoms with E-state index in [1.165, 1.54) is 0 Å². The van der Waals surface area contributed by atoms with Gasteiger partial charge in [-0.25, -0.2) is 0 Å². The number of amides is 1. The van der Waals surface area contributed by atoms with Gasteiger partial charge in [-0.1, -0.05) is 43.7 Å². The number of likely N-dealkylation sites (N-methyl/N-ethyl adjacent to an activating group) is 1. The fourth-order valence-corrected chi connectivity index (χ4v) is 2.19. The lowest BCUT2D eigenvalue weighted by Gasteiger charge is -2.23. The van der Waals surface area contributed by atoms with Crippen molar-refractivity contribution in [2.75, 3.05) is 20.6 Å². The first-order valence-corrected chi connectivity index (χ1v) is 7.23. The molecule has 1 amide bonds. The highest BCUT2D eigenvalue weighted by atomic mass is 16.3. The van der Waals surface area contributed by atoms with Crippen LogP contribution >= 0.6 is 0 Å². The van der Waals surface area contributed by atoms with Gasteiger partial charge in [0, 0.05) is 6.54 Å². The van der Waals surface area contributed by atoms with Crippen LogP contribution in [-0.4, -0.2) is 42.6 Å². The van der Waals surface area contributed by atoms with E-state index < -0.39 is 6.10 Å². The lowest BCUT2D eigenvalue weighted by Crippen LogP contribution is -2.43. The van der Waals surface area contributed by atoms with Crippen molar-refractivity contribution in [3.8, 4) is 0 Å². The molecule has 20 heavy (non-hydrogen) atoms. The van der Waals surface area contributed by atoms with E-state index in [9.17, 15) is 9.90 Å². The van der Waals surface area contributed by atoms with Gasteiger partial charge in [0.15, 0.2) is 0 Å². The summed E-state index contributed by atoms with van der Waals surface area (Å²) in [5.74, 6) is 0.0390. The van der Waals surface area contributed by atoms with E-state index in [4.69, 9.17) is 0 Å². The Kier molecular flexibility index (Phi) is 7.26. The molecule has 0 aliphatic carbocycles. The second-order valence-corrected chi connectivity index (χ2v) is 5.27. The zero-order chi connectivity index (χ0) is 15.0. The Labute approximate surface area is 121 Å². The van der Waals surface area contributed by atoms with Crippen LogP contribution in [0.1, 0.15) is 37.9 Å². The molecular formula is C16H26N2O2. The van der Waals surface area contributed by atoms with Crippen molar-refractivity contribution < 1.29 is 9.90 Å². The molecule has 1 aromatic rings. The van der Waals surface area contributed by atoms with Crippen molar-refractivity contribution in [3.63, 3.8) is 0 Å². The molecule has 1 aromatic carbocycles. The largest absolute Gasteiger partial charge is 0.388 e. The normalized spacial score (nSPS) is 14.1. The summed E-state index contributed by atoms with van der Waals surface area (Å²) >= 11 is 0. The molecular weight excluding hydrogens is 252 g/mol. The summed E-state index contributed by atoms with van der Waals surface area (Å²) in [5.41, 5.74) is 0.888. The van der Waals surface area contributed by atoms with Gasteiger partial charge in [-0.2, -0.15) is 0 Å². The van der Waals surface area contributed by atoms with Crippen molar-refractivity contribution in [2.24, 2.45) is 0 Å². The summed E-state index contributed by atoms with van der Waals surface area (Å²) in [6.07, 6.45) is 1.82. The topological polar surface area (TPSA) is 52.6 Å². The van der Waals surface area contributed by atoms with Crippen LogP contribution in [-0.2, 0) is 4.79 Å². The number of nitrogens with one attached hydrogen (secondary N) is 1. The molecule has 1 rings (SSSR count). The molecule has 0 aromatic heterocycles. The standard InChI is InChI=1S/C16H26N2O2/c1-4-8-14(18(2)3)16(20)17-12-11-15(19)13-9-6-5-7-10-13/h5-7,9-10,14-15,19H,4,8,11-12H2,1-3H3,(H,17,20). The van der Waals surface area contributed by atoms with Gasteiger partial charge >= 0.3 is 0 Å². The fraction of sp³-hybridized carbons (Fsp3) is 0.562. The van der Waals surface area contributed by atoms with Crippen molar-refractivity contribution in [2.45, 2.75) is 38.3 Å². The molecule has 0 bridgehead atoms. The van der Waals surface area contributed by atoms with Crippen LogP contribution < -0.4 is 5.32 Å². The molecule has 0 spiro atoms. The summed E-state index contributed by atoms with van der Waals surface area (Å²) in [6, 6.07) is 9.43. The minimum atomic E-state index is -0.527. The summed E-state index contributed by atoms with van der Waals surface area (Å²) in [5, 5.41) is 12.9. The smallest absolute Gasteiger partial charge is 0.237 e. The second kappa shape index (κ2) is 8.72. The highest BCUT2D eigenvalue weighted by molar-refractivity contribution is 5.81. The van der Waals surface area contributed by atoms with Gasteiger partial charge in [0.25, 0.3) is 0 Å². The van der Waals surface area contributed by atoms with E-state index in [0.717, 1.165) is 18.4 Å². The maximum absolute atomic E-state index is 12.1. The number of aliphatic hydroxyl groups excluding tert-OH is 1. The Balaban J connectivity index is 2.38. The number of aliphatic hydroxyl groups is 1. The Hall–Kier alpha value is -1.39. The van der Waals surface area contributed by atoms with Gasteiger partial charge in [0.2, 0.25) is 5.91 Å². The number of hydrogen-bond donors (Lipinski definition) is 2. The summed E-state index contributed by atoms with van der Waals surface area (Å²) in [7, 11) is 3.83. The van der Waals surface area contributed by atoms with E-state index in [2.05, 4.69) is 12.2 Å². The van der Waals surface area contributed by atoms with Gasteiger partial charge in [0.1, 0.15) is 0 Å². The van der Waals surface area contributed by atoms with Crippen LogP contribution in [0.25, 0.3) is 0 Å². The summed E-state index contributed by atoms with van der Waals surface area (Å²) < 4.78 is 0. The molecule has 0 fully saturated rings. The molecule has 4 nitrogen and oxygen atoms in total. The second-order valence-electron chi connectivity index (χ2n) is 5.27. The zero-order valence-electron chi connectivity index (χ0n) is 12.7. The molecule has 0 saturated heterocycles. The van der Waals surface area contributed by atoms with Crippen LogP contribution in [0.2, 0.25) is 0 Å². The van der Waals surface area contributed by atoms with Crippen molar-refractivity contribution >= 4 is 5.91 Å². The lowest BCUT2D eigenvalue weighted by molar-refractivity contribution is -0.125. The molecule has 0 radical (unpaired) electrons. The van der Waals surface area contributed by atoms with Crippen LogP contribution in [0.4, 0.5) is 0 Å². The maximum Gasteiger partial charge on any atom is 0.237 e. The Morgan fingerprint density at radius 2 is 1.90 bits per heavy atom. The third kappa shape index (κ3) is 5.31. The van der Waals surface area contributed by atoms with Gasteiger partial charge in [-0.05, 0) is 32.5 Å². The molecule has 4 heteroatoms. The van der Waals surface area contributed by atoms with E-state index in [1.54, 1.807) is 0 Å². The predicted molar refractivity (Wildman–Crippen MR) is 81.4 cm³/mol. The number of hydrogen-bond acceptors (Lipinski definition) is 3. The average Bonchev–Trinajstić information content (AvgIpc) is 2.45. The third-order valence-electron chi connectivity index (χ3n) is 3.39. The average molecular weight is 278 g/mol. The molecule has 0 aliphatic rings. The molecule has 112 valence electrons. The maximum atomic E-state index is 12.1. The minimum absolute atomic E-state index is 0.0390. The van der Waals surface area contributed by atoms with E-state index in [0.29, 0.717) is 13.0 Å². The van der Waals surface area contributed by atoms with E-state index in [-0.39, 0.29) is 11.9 Å².